The molecule has 0 saturated heterocycles. The first kappa shape index (κ1) is 18.4. The molecule has 0 atom stereocenters. The lowest BCUT2D eigenvalue weighted by atomic mass is 9.92. The van der Waals surface area contributed by atoms with E-state index in [0.29, 0.717) is 0 Å². The summed E-state index contributed by atoms with van der Waals surface area (Å²) < 4.78 is 9.97. The Morgan fingerprint density at radius 2 is 1.87 bits per heavy atom. The summed E-state index contributed by atoms with van der Waals surface area (Å²) in [5.41, 5.74) is 4.39. The standard InChI is InChI=1S/C18H21NO4/c1-6-22-18(21)15(9-19)8-16-11(2)7-12(3)17(13(16)4)10-23-14(5)20/h7-8H,6,10H2,1-5H3. The average molecular weight is 315 g/mol. The Kier molecular flexibility index (Phi) is 6.52. The minimum absolute atomic E-state index is 0.0552. The zero-order chi connectivity index (χ0) is 17.6. The average Bonchev–Trinajstić information content (AvgIpc) is 2.46. The van der Waals surface area contributed by atoms with Gasteiger partial charge in [0.15, 0.2) is 0 Å². The first-order valence-corrected chi connectivity index (χ1v) is 7.33. The number of nitriles is 1. The fourth-order valence-corrected chi connectivity index (χ4v) is 2.35. The molecule has 0 aliphatic rings. The molecule has 5 nitrogen and oxygen atoms in total. The number of hydrogen-bond donors (Lipinski definition) is 0. The summed E-state index contributed by atoms with van der Waals surface area (Å²) in [4.78, 5) is 22.8. The first-order valence-electron chi connectivity index (χ1n) is 7.33. The smallest absolute Gasteiger partial charge is 0.348 e. The summed E-state index contributed by atoms with van der Waals surface area (Å²) in [5.74, 6) is -0.999. The van der Waals surface area contributed by atoms with Gasteiger partial charge in [-0.05, 0) is 61.6 Å². The van der Waals surface area contributed by atoms with Crippen LogP contribution in [-0.2, 0) is 25.7 Å². The Balaban J connectivity index is 3.36. The molecule has 0 N–H and O–H groups in total. The van der Waals surface area contributed by atoms with Crippen LogP contribution in [0.5, 0.6) is 0 Å². The third-order valence-corrected chi connectivity index (χ3v) is 3.51. The van der Waals surface area contributed by atoms with Gasteiger partial charge in [-0.3, -0.25) is 4.79 Å². The molecule has 0 fully saturated rings. The minimum Gasteiger partial charge on any atom is -0.462 e. The molecule has 0 aliphatic heterocycles. The van der Waals surface area contributed by atoms with Crippen molar-refractivity contribution in [2.24, 2.45) is 0 Å². The molecular formula is C18H21NO4. The van der Waals surface area contributed by atoms with E-state index in [1.54, 1.807) is 6.92 Å². The highest BCUT2D eigenvalue weighted by atomic mass is 16.5. The van der Waals surface area contributed by atoms with E-state index in [2.05, 4.69) is 0 Å². The second-order valence-corrected chi connectivity index (χ2v) is 5.20. The van der Waals surface area contributed by atoms with Gasteiger partial charge in [-0.15, -0.1) is 0 Å². The number of carbonyl (C=O) groups is 2. The molecule has 0 radical (unpaired) electrons. The summed E-state index contributed by atoms with van der Waals surface area (Å²) in [7, 11) is 0. The van der Waals surface area contributed by atoms with Gasteiger partial charge in [0.1, 0.15) is 18.2 Å². The Bertz CT molecular complexity index is 696. The molecule has 0 amide bonds. The molecule has 1 rings (SSSR count). The van der Waals surface area contributed by atoms with Gasteiger partial charge >= 0.3 is 11.9 Å². The van der Waals surface area contributed by atoms with Crippen LogP contribution in [0.2, 0.25) is 0 Å². The zero-order valence-electron chi connectivity index (χ0n) is 14.1. The SMILES string of the molecule is CCOC(=O)C(C#N)=Cc1c(C)cc(C)c(COC(C)=O)c1C. The molecule has 23 heavy (non-hydrogen) atoms. The Hall–Kier alpha value is -2.61. The van der Waals surface area contributed by atoms with Crippen LogP contribution < -0.4 is 0 Å². The van der Waals surface area contributed by atoms with Crippen LogP contribution in [0.4, 0.5) is 0 Å². The fourth-order valence-electron chi connectivity index (χ4n) is 2.35. The maximum Gasteiger partial charge on any atom is 0.348 e. The van der Waals surface area contributed by atoms with Gasteiger partial charge in [0.05, 0.1) is 6.61 Å². The van der Waals surface area contributed by atoms with E-state index >= 15 is 0 Å². The van der Waals surface area contributed by atoms with Crippen molar-refractivity contribution in [1.82, 2.24) is 0 Å². The van der Waals surface area contributed by atoms with Crippen LogP contribution in [0.25, 0.3) is 6.08 Å². The Morgan fingerprint density at radius 1 is 1.22 bits per heavy atom. The second kappa shape index (κ2) is 8.14. The third-order valence-electron chi connectivity index (χ3n) is 3.51. The minimum atomic E-state index is -0.643. The number of esters is 2. The van der Waals surface area contributed by atoms with Gasteiger partial charge < -0.3 is 9.47 Å². The molecule has 0 unspecified atom stereocenters. The van der Waals surface area contributed by atoms with Gasteiger partial charge in [-0.2, -0.15) is 5.26 Å². The maximum absolute atomic E-state index is 11.8. The maximum atomic E-state index is 11.8. The van der Waals surface area contributed by atoms with Gasteiger partial charge in [0.2, 0.25) is 0 Å². The first-order chi connectivity index (χ1) is 10.8. The number of hydrogen-bond acceptors (Lipinski definition) is 5. The van der Waals surface area contributed by atoms with E-state index in [4.69, 9.17) is 9.47 Å². The fraction of sp³-hybridized carbons (Fsp3) is 0.389. The number of benzene rings is 1. The number of ether oxygens (including phenoxy) is 2. The molecule has 0 aliphatic carbocycles. The summed E-state index contributed by atoms with van der Waals surface area (Å²) >= 11 is 0. The monoisotopic (exact) mass is 315 g/mol. The van der Waals surface area contributed by atoms with E-state index < -0.39 is 5.97 Å². The highest BCUT2D eigenvalue weighted by Crippen LogP contribution is 2.25. The van der Waals surface area contributed by atoms with Gasteiger partial charge in [-0.25, -0.2) is 4.79 Å². The Labute approximate surface area is 136 Å². The zero-order valence-corrected chi connectivity index (χ0v) is 14.1. The van der Waals surface area contributed by atoms with Crippen molar-refractivity contribution in [2.75, 3.05) is 6.61 Å². The molecule has 1 aromatic carbocycles. The van der Waals surface area contributed by atoms with Crippen molar-refractivity contribution in [3.63, 3.8) is 0 Å². The number of aryl methyl sites for hydroxylation is 2. The van der Waals surface area contributed by atoms with E-state index in [9.17, 15) is 14.9 Å². The van der Waals surface area contributed by atoms with Crippen molar-refractivity contribution >= 4 is 18.0 Å². The molecule has 0 aromatic heterocycles. The summed E-state index contributed by atoms with van der Waals surface area (Å²) in [6.45, 7) is 9.13. The van der Waals surface area contributed by atoms with Crippen molar-refractivity contribution < 1.29 is 19.1 Å². The lowest BCUT2D eigenvalue weighted by Gasteiger charge is -2.15. The number of carbonyl (C=O) groups excluding carboxylic acids is 2. The quantitative estimate of drug-likeness (QED) is 0.474. The lowest BCUT2D eigenvalue weighted by molar-refractivity contribution is -0.142. The highest BCUT2D eigenvalue weighted by Gasteiger charge is 2.15. The molecule has 0 bridgehead atoms. The third kappa shape index (κ3) is 4.68. The van der Waals surface area contributed by atoms with Gasteiger partial charge in [0.25, 0.3) is 0 Å². The van der Waals surface area contributed by atoms with Crippen LogP contribution in [-0.4, -0.2) is 18.5 Å². The molecule has 0 spiro atoms. The van der Waals surface area contributed by atoms with Crippen LogP contribution in [0.1, 0.15) is 41.7 Å². The molecule has 122 valence electrons. The topological polar surface area (TPSA) is 76.4 Å². The largest absolute Gasteiger partial charge is 0.462 e. The van der Waals surface area contributed by atoms with Crippen molar-refractivity contribution in [3.05, 3.63) is 39.5 Å². The molecule has 1 aromatic rings. The van der Waals surface area contributed by atoms with Crippen molar-refractivity contribution in [1.29, 1.82) is 5.26 Å². The molecule has 5 heteroatoms. The lowest BCUT2D eigenvalue weighted by Crippen LogP contribution is -2.08. The van der Waals surface area contributed by atoms with Crippen LogP contribution in [0, 0.1) is 32.1 Å². The van der Waals surface area contributed by atoms with Crippen LogP contribution >= 0.6 is 0 Å². The predicted octanol–water partition coefficient (Wildman–Crippen LogP) is 3.15. The number of nitrogens with zero attached hydrogens (tertiary/aromatic N) is 1. The van der Waals surface area contributed by atoms with E-state index in [-0.39, 0.29) is 24.8 Å². The molecule has 0 heterocycles. The van der Waals surface area contributed by atoms with Crippen LogP contribution in [0.15, 0.2) is 11.6 Å². The van der Waals surface area contributed by atoms with Gasteiger partial charge in [-0.1, -0.05) is 6.07 Å². The predicted molar refractivity (Wildman–Crippen MR) is 86.3 cm³/mol. The number of rotatable bonds is 5. The van der Waals surface area contributed by atoms with E-state index in [1.165, 1.54) is 13.0 Å². The van der Waals surface area contributed by atoms with Crippen LogP contribution in [0.3, 0.4) is 0 Å². The molecule has 0 saturated carbocycles. The summed E-state index contributed by atoms with van der Waals surface area (Å²) in [6, 6.07) is 3.82. The van der Waals surface area contributed by atoms with Gasteiger partial charge in [0, 0.05) is 6.92 Å². The van der Waals surface area contributed by atoms with E-state index in [1.807, 2.05) is 32.9 Å². The van der Waals surface area contributed by atoms with E-state index in [0.717, 1.165) is 27.8 Å². The van der Waals surface area contributed by atoms with Crippen molar-refractivity contribution in [3.8, 4) is 6.07 Å². The summed E-state index contributed by atoms with van der Waals surface area (Å²) in [6.07, 6.45) is 1.53. The second-order valence-electron chi connectivity index (χ2n) is 5.20. The highest BCUT2D eigenvalue weighted by molar-refractivity contribution is 5.98. The Morgan fingerprint density at radius 3 is 2.39 bits per heavy atom. The summed E-state index contributed by atoms with van der Waals surface area (Å²) in [5, 5.41) is 9.18. The van der Waals surface area contributed by atoms with Crippen molar-refractivity contribution in [2.45, 2.75) is 41.2 Å². The normalized spacial score (nSPS) is 10.9. The molecular weight excluding hydrogens is 294 g/mol.